The van der Waals surface area contributed by atoms with Gasteiger partial charge in [0.05, 0.1) is 19.1 Å². The molecule has 1 amide bonds. The van der Waals surface area contributed by atoms with Gasteiger partial charge in [-0.3, -0.25) is 14.5 Å². The predicted octanol–water partition coefficient (Wildman–Crippen LogP) is 0.252. The van der Waals surface area contributed by atoms with Gasteiger partial charge in [-0.1, -0.05) is 6.92 Å². The molecule has 0 saturated carbocycles. The third kappa shape index (κ3) is 3.19. The number of carbonyl (C=O) groups is 2. The second-order valence-electron chi connectivity index (χ2n) is 4.63. The maximum atomic E-state index is 11.7. The Hall–Kier alpha value is -1.10. The summed E-state index contributed by atoms with van der Waals surface area (Å²) in [5.74, 6) is -0.0375. The number of nitrogens with zero attached hydrogens (tertiary/aromatic N) is 1. The summed E-state index contributed by atoms with van der Waals surface area (Å²) in [7, 11) is 1.41. The third-order valence-electron chi connectivity index (χ3n) is 3.42. The van der Waals surface area contributed by atoms with Gasteiger partial charge in [0.25, 0.3) is 0 Å². The number of esters is 1. The topological polar surface area (TPSA) is 58.6 Å². The van der Waals surface area contributed by atoms with E-state index in [0.717, 1.165) is 6.54 Å². The summed E-state index contributed by atoms with van der Waals surface area (Å²) in [6.07, 6.45) is 0. The molecule has 0 spiro atoms. The van der Waals surface area contributed by atoms with E-state index in [0.29, 0.717) is 13.1 Å². The van der Waals surface area contributed by atoms with Crippen molar-refractivity contribution in [3.63, 3.8) is 0 Å². The molecular weight excluding hydrogens is 220 g/mol. The van der Waals surface area contributed by atoms with E-state index >= 15 is 0 Å². The first kappa shape index (κ1) is 14.0. The molecule has 1 N–H and O–H groups in total. The number of hydrogen-bond acceptors (Lipinski definition) is 4. The Bertz CT molecular complexity index is 293. The summed E-state index contributed by atoms with van der Waals surface area (Å²) in [4.78, 5) is 25.3. The molecule has 1 aliphatic heterocycles. The van der Waals surface area contributed by atoms with Gasteiger partial charge in [-0.05, 0) is 19.8 Å². The first-order valence-corrected chi connectivity index (χ1v) is 6.10. The summed E-state index contributed by atoms with van der Waals surface area (Å²) in [6.45, 7) is 7.79. The second kappa shape index (κ2) is 6.00. The zero-order chi connectivity index (χ0) is 13.0. The summed E-state index contributed by atoms with van der Waals surface area (Å²) in [5, 5.41) is 2.80. The SMILES string of the molecule is CCNC(=O)C(C)N1CC(C)C(C(=O)OC)C1. The largest absolute Gasteiger partial charge is 0.469 e. The number of hydrogen-bond donors (Lipinski definition) is 1. The molecule has 0 aromatic rings. The summed E-state index contributed by atoms with van der Waals surface area (Å²) in [5.41, 5.74) is 0. The molecule has 5 nitrogen and oxygen atoms in total. The average molecular weight is 242 g/mol. The maximum absolute atomic E-state index is 11.7. The number of nitrogens with one attached hydrogen (secondary N) is 1. The van der Waals surface area contributed by atoms with Crippen LogP contribution in [0.4, 0.5) is 0 Å². The molecule has 0 aliphatic carbocycles. The van der Waals surface area contributed by atoms with E-state index in [2.05, 4.69) is 5.32 Å². The fourth-order valence-corrected chi connectivity index (χ4v) is 2.27. The van der Waals surface area contributed by atoms with Gasteiger partial charge in [0.1, 0.15) is 0 Å². The van der Waals surface area contributed by atoms with E-state index < -0.39 is 0 Å². The monoisotopic (exact) mass is 242 g/mol. The van der Waals surface area contributed by atoms with Crippen LogP contribution in [0.2, 0.25) is 0 Å². The minimum Gasteiger partial charge on any atom is -0.469 e. The third-order valence-corrected chi connectivity index (χ3v) is 3.42. The molecule has 1 fully saturated rings. The van der Waals surface area contributed by atoms with Crippen LogP contribution in [0.15, 0.2) is 0 Å². The van der Waals surface area contributed by atoms with Crippen molar-refractivity contribution in [1.29, 1.82) is 0 Å². The van der Waals surface area contributed by atoms with Crippen LogP contribution in [0.1, 0.15) is 20.8 Å². The number of methoxy groups -OCH3 is 1. The second-order valence-corrected chi connectivity index (χ2v) is 4.63. The highest BCUT2D eigenvalue weighted by Gasteiger charge is 2.38. The van der Waals surface area contributed by atoms with E-state index in [1.54, 1.807) is 0 Å². The van der Waals surface area contributed by atoms with Crippen molar-refractivity contribution >= 4 is 11.9 Å². The van der Waals surface area contributed by atoms with Gasteiger partial charge in [0.2, 0.25) is 5.91 Å². The highest BCUT2D eigenvalue weighted by atomic mass is 16.5. The van der Waals surface area contributed by atoms with Crippen LogP contribution in [0, 0.1) is 11.8 Å². The minimum atomic E-state index is -0.188. The molecule has 0 bridgehead atoms. The molecule has 3 unspecified atom stereocenters. The number of rotatable bonds is 4. The Morgan fingerprint density at radius 3 is 2.65 bits per heavy atom. The van der Waals surface area contributed by atoms with E-state index in [-0.39, 0.29) is 29.8 Å². The molecule has 1 saturated heterocycles. The van der Waals surface area contributed by atoms with Crippen molar-refractivity contribution in [3.05, 3.63) is 0 Å². The molecular formula is C12H22N2O3. The maximum Gasteiger partial charge on any atom is 0.310 e. The van der Waals surface area contributed by atoms with Crippen LogP contribution in [-0.2, 0) is 14.3 Å². The standard InChI is InChI=1S/C12H22N2O3/c1-5-13-11(15)9(3)14-6-8(2)10(7-14)12(16)17-4/h8-10H,5-7H2,1-4H3,(H,13,15). The predicted molar refractivity (Wildman–Crippen MR) is 64.4 cm³/mol. The Kier molecular flexibility index (Phi) is 4.93. The van der Waals surface area contributed by atoms with Gasteiger partial charge in [-0.25, -0.2) is 0 Å². The van der Waals surface area contributed by atoms with Gasteiger partial charge >= 0.3 is 5.97 Å². The van der Waals surface area contributed by atoms with Crippen molar-refractivity contribution in [2.45, 2.75) is 26.8 Å². The first-order chi connectivity index (χ1) is 8.01. The van der Waals surface area contributed by atoms with Gasteiger partial charge in [-0.2, -0.15) is 0 Å². The van der Waals surface area contributed by atoms with Crippen LogP contribution < -0.4 is 5.32 Å². The van der Waals surface area contributed by atoms with E-state index in [4.69, 9.17) is 4.74 Å². The lowest BCUT2D eigenvalue weighted by atomic mass is 9.99. The number of amides is 1. The number of ether oxygens (including phenoxy) is 1. The minimum absolute atomic E-state index is 0.0187. The van der Waals surface area contributed by atoms with Crippen LogP contribution in [0.25, 0.3) is 0 Å². The molecule has 0 aromatic heterocycles. The van der Waals surface area contributed by atoms with E-state index in [1.165, 1.54) is 7.11 Å². The highest BCUT2D eigenvalue weighted by Crippen LogP contribution is 2.25. The summed E-state index contributed by atoms with van der Waals surface area (Å²) in [6, 6.07) is -0.188. The number of likely N-dealkylation sites (tertiary alicyclic amines) is 1. The van der Waals surface area contributed by atoms with Gasteiger partial charge in [-0.15, -0.1) is 0 Å². The Morgan fingerprint density at radius 2 is 2.12 bits per heavy atom. The van der Waals surface area contributed by atoms with Gasteiger partial charge in [0, 0.05) is 19.6 Å². The summed E-state index contributed by atoms with van der Waals surface area (Å²) < 4.78 is 4.77. The normalized spacial score (nSPS) is 26.6. The van der Waals surface area contributed by atoms with Gasteiger partial charge < -0.3 is 10.1 Å². The van der Waals surface area contributed by atoms with Crippen molar-refractivity contribution in [2.24, 2.45) is 11.8 Å². The molecule has 17 heavy (non-hydrogen) atoms. The molecule has 1 aliphatic rings. The zero-order valence-corrected chi connectivity index (χ0v) is 11.0. The quantitative estimate of drug-likeness (QED) is 0.718. The van der Waals surface area contributed by atoms with Crippen LogP contribution in [0.5, 0.6) is 0 Å². The number of carbonyl (C=O) groups excluding carboxylic acids is 2. The van der Waals surface area contributed by atoms with Gasteiger partial charge in [0.15, 0.2) is 0 Å². The lowest BCUT2D eigenvalue weighted by molar-refractivity contribution is -0.146. The highest BCUT2D eigenvalue weighted by molar-refractivity contribution is 5.81. The van der Waals surface area contributed by atoms with Crippen LogP contribution in [0.3, 0.4) is 0 Å². The molecule has 1 heterocycles. The van der Waals surface area contributed by atoms with Crippen molar-refractivity contribution in [3.8, 4) is 0 Å². The molecule has 0 aromatic carbocycles. The average Bonchev–Trinajstić information content (AvgIpc) is 2.69. The molecule has 98 valence electrons. The Labute approximate surface area is 102 Å². The van der Waals surface area contributed by atoms with E-state index in [1.807, 2.05) is 25.7 Å². The molecule has 5 heteroatoms. The molecule has 1 rings (SSSR count). The summed E-state index contributed by atoms with van der Waals surface area (Å²) >= 11 is 0. The Balaban J connectivity index is 2.59. The smallest absolute Gasteiger partial charge is 0.310 e. The van der Waals surface area contributed by atoms with Crippen LogP contribution >= 0.6 is 0 Å². The fraction of sp³-hybridized carbons (Fsp3) is 0.833. The fourth-order valence-electron chi connectivity index (χ4n) is 2.27. The van der Waals surface area contributed by atoms with Crippen LogP contribution in [-0.4, -0.2) is 49.6 Å². The zero-order valence-electron chi connectivity index (χ0n) is 11.0. The first-order valence-electron chi connectivity index (χ1n) is 6.10. The van der Waals surface area contributed by atoms with Crippen molar-refractivity contribution in [2.75, 3.05) is 26.7 Å². The lowest BCUT2D eigenvalue weighted by Gasteiger charge is -2.22. The number of likely N-dealkylation sites (N-methyl/N-ethyl adjacent to an activating group) is 1. The van der Waals surface area contributed by atoms with Crippen molar-refractivity contribution in [1.82, 2.24) is 10.2 Å². The van der Waals surface area contributed by atoms with E-state index in [9.17, 15) is 9.59 Å². The lowest BCUT2D eigenvalue weighted by Crippen LogP contribution is -2.44. The molecule has 3 atom stereocenters. The van der Waals surface area contributed by atoms with Crippen molar-refractivity contribution < 1.29 is 14.3 Å². The Morgan fingerprint density at radius 1 is 1.47 bits per heavy atom. The molecule has 0 radical (unpaired) electrons.